The molecule has 2 aromatic carbocycles. The first-order valence-electron chi connectivity index (χ1n) is 4.07. The fraction of sp³-hybridized carbons (Fsp3) is 0. The van der Waals surface area contributed by atoms with E-state index in [1.54, 1.807) is 18.2 Å². The van der Waals surface area contributed by atoms with Crippen molar-refractivity contribution in [3.63, 3.8) is 0 Å². The number of rotatable bonds is 2. The van der Waals surface area contributed by atoms with E-state index < -0.39 is 5.09 Å². The summed E-state index contributed by atoms with van der Waals surface area (Å²) in [4.78, 5) is 14.6. The van der Waals surface area contributed by atoms with Crippen LogP contribution in [0.5, 0.6) is 5.75 Å². The van der Waals surface area contributed by atoms with Gasteiger partial charge in [-0.2, -0.15) is 0 Å². The van der Waals surface area contributed by atoms with E-state index in [2.05, 4.69) is 4.84 Å². The number of fused-ring (bicyclic) bond motifs is 1. The predicted molar refractivity (Wildman–Crippen MR) is 57.3 cm³/mol. The third-order valence-corrected chi connectivity index (χ3v) is 1.92. The molecule has 0 aliphatic heterocycles. The van der Waals surface area contributed by atoms with Crippen molar-refractivity contribution in [3.05, 3.63) is 52.6 Å². The van der Waals surface area contributed by atoms with Crippen molar-refractivity contribution in [3.8, 4) is 5.75 Å². The Labute approximate surface area is 106 Å². The largest absolute Gasteiger partial charge is 0.299 e. The molecule has 5 heteroatoms. The van der Waals surface area contributed by atoms with Crippen LogP contribution < -0.4 is 4.84 Å². The molecule has 2 aromatic rings. The zero-order valence-corrected chi connectivity index (χ0v) is 11.6. The van der Waals surface area contributed by atoms with Crippen LogP contribution >= 0.6 is 0 Å². The predicted octanol–water partition coefficient (Wildman–Crippen LogP) is 2.03. The van der Waals surface area contributed by atoms with E-state index in [1.807, 2.05) is 24.3 Å². The summed E-state index contributed by atoms with van der Waals surface area (Å²) in [6, 6.07) is 12.5. The second-order valence-electron chi connectivity index (χ2n) is 2.79. The summed E-state index contributed by atoms with van der Waals surface area (Å²) < 4.78 is 0. The van der Waals surface area contributed by atoms with E-state index in [0.717, 1.165) is 10.8 Å². The fourth-order valence-corrected chi connectivity index (χ4v) is 1.36. The van der Waals surface area contributed by atoms with Crippen LogP contribution in [0, 0.1) is 10.1 Å². The number of benzene rings is 2. The zero-order chi connectivity index (χ0) is 9.97. The monoisotopic (exact) mass is 397 g/mol. The van der Waals surface area contributed by atoms with Crippen LogP contribution in [-0.2, 0) is 0 Å². The Kier molecular flexibility index (Phi) is 4.01. The standard InChI is InChI=1S/C10H7NO3.Pb/c12-11(13)14-10-7-3-5-8-4-1-2-6-9(8)10;/h1-7H;. The molecule has 0 heterocycles. The van der Waals surface area contributed by atoms with Crippen LogP contribution in [0.2, 0.25) is 0 Å². The summed E-state index contributed by atoms with van der Waals surface area (Å²) >= 11 is 0. The molecule has 0 N–H and O–H groups in total. The Morgan fingerprint density at radius 3 is 2.47 bits per heavy atom. The molecular weight excluding hydrogens is 389 g/mol. The van der Waals surface area contributed by atoms with Gasteiger partial charge in [-0.15, -0.1) is 10.1 Å². The van der Waals surface area contributed by atoms with Gasteiger partial charge in [0.05, 0.1) is 0 Å². The molecule has 0 saturated heterocycles. The van der Waals surface area contributed by atoms with Crippen molar-refractivity contribution in [2.24, 2.45) is 0 Å². The van der Waals surface area contributed by atoms with Crippen LogP contribution in [0.25, 0.3) is 10.8 Å². The quantitative estimate of drug-likeness (QED) is 0.444. The molecule has 0 aromatic heterocycles. The Morgan fingerprint density at radius 2 is 1.73 bits per heavy atom. The second-order valence-corrected chi connectivity index (χ2v) is 2.79. The SMILES string of the molecule is O=[N+]([O-])Oc1cccc2ccccc12.[Pb]. The van der Waals surface area contributed by atoms with E-state index in [0.29, 0.717) is 0 Å². The smallest absolute Gasteiger partial charge is 0.276 e. The van der Waals surface area contributed by atoms with Gasteiger partial charge in [0, 0.05) is 32.7 Å². The zero-order valence-electron chi connectivity index (χ0n) is 7.71. The number of hydrogen-bond donors (Lipinski definition) is 0. The van der Waals surface area contributed by atoms with E-state index in [4.69, 9.17) is 0 Å². The van der Waals surface area contributed by atoms with E-state index in [-0.39, 0.29) is 33.0 Å². The van der Waals surface area contributed by atoms with Crippen LogP contribution in [-0.4, -0.2) is 32.4 Å². The second kappa shape index (κ2) is 5.06. The Balaban J connectivity index is 0.00000112. The van der Waals surface area contributed by atoms with Crippen molar-refractivity contribution < 1.29 is 9.92 Å². The van der Waals surface area contributed by atoms with Crippen molar-refractivity contribution >= 4 is 38.1 Å². The molecule has 0 fully saturated rings. The maximum absolute atomic E-state index is 10.2. The van der Waals surface area contributed by atoms with Gasteiger partial charge in [-0.05, 0) is 11.5 Å². The molecule has 0 aliphatic rings. The van der Waals surface area contributed by atoms with Crippen LogP contribution in [0.1, 0.15) is 0 Å². The van der Waals surface area contributed by atoms with Crippen LogP contribution in [0.4, 0.5) is 0 Å². The third-order valence-electron chi connectivity index (χ3n) is 1.92. The van der Waals surface area contributed by atoms with Gasteiger partial charge in [-0.3, -0.25) is 4.84 Å². The molecule has 2 rings (SSSR count). The minimum absolute atomic E-state index is 0. The summed E-state index contributed by atoms with van der Waals surface area (Å²) in [5, 5.41) is 11.1. The van der Waals surface area contributed by atoms with Crippen LogP contribution in [0.3, 0.4) is 0 Å². The topological polar surface area (TPSA) is 52.4 Å². The summed E-state index contributed by atoms with van der Waals surface area (Å²) in [6.07, 6.45) is 0. The van der Waals surface area contributed by atoms with Gasteiger partial charge in [0.2, 0.25) is 0 Å². The normalized spacial score (nSPS) is 9.33. The first-order chi connectivity index (χ1) is 6.77. The van der Waals surface area contributed by atoms with Gasteiger partial charge in [0.1, 0.15) is 5.75 Å². The Morgan fingerprint density at radius 1 is 1.07 bits per heavy atom. The Bertz CT molecular complexity index is 482. The average molecular weight is 396 g/mol. The van der Waals surface area contributed by atoms with Gasteiger partial charge in [0.25, 0.3) is 5.09 Å². The molecular formula is C10H7NO3Pb. The molecule has 4 radical (unpaired) electrons. The van der Waals surface area contributed by atoms with Gasteiger partial charge in [-0.25, -0.2) is 0 Å². The van der Waals surface area contributed by atoms with E-state index in [9.17, 15) is 10.1 Å². The maximum Gasteiger partial charge on any atom is 0.299 e. The van der Waals surface area contributed by atoms with E-state index >= 15 is 0 Å². The van der Waals surface area contributed by atoms with E-state index in [1.165, 1.54) is 0 Å². The molecule has 15 heavy (non-hydrogen) atoms. The van der Waals surface area contributed by atoms with Crippen molar-refractivity contribution in [2.45, 2.75) is 0 Å². The minimum Gasteiger partial charge on any atom is -0.276 e. The number of hydrogen-bond acceptors (Lipinski definition) is 3. The molecule has 0 amide bonds. The average Bonchev–Trinajstić information content (AvgIpc) is 2.18. The fourth-order valence-electron chi connectivity index (χ4n) is 1.36. The molecule has 74 valence electrons. The van der Waals surface area contributed by atoms with Gasteiger partial charge >= 0.3 is 0 Å². The van der Waals surface area contributed by atoms with Crippen molar-refractivity contribution in [1.82, 2.24) is 0 Å². The summed E-state index contributed by atoms with van der Waals surface area (Å²) in [7, 11) is 0. The maximum atomic E-state index is 10.2. The molecule has 0 saturated carbocycles. The van der Waals surface area contributed by atoms with Gasteiger partial charge in [0.15, 0.2) is 0 Å². The summed E-state index contributed by atoms with van der Waals surface area (Å²) in [6.45, 7) is 0. The Hall–Kier alpha value is -1.18. The molecule has 0 atom stereocenters. The molecule has 4 nitrogen and oxygen atoms in total. The van der Waals surface area contributed by atoms with Gasteiger partial charge in [-0.1, -0.05) is 36.4 Å². The van der Waals surface area contributed by atoms with Crippen molar-refractivity contribution in [2.75, 3.05) is 0 Å². The third kappa shape index (κ3) is 2.65. The first-order valence-corrected chi connectivity index (χ1v) is 4.07. The molecule has 0 unspecified atom stereocenters. The number of nitrogens with zero attached hydrogens (tertiary/aromatic N) is 1. The molecule has 0 spiro atoms. The first kappa shape index (κ1) is 11.9. The van der Waals surface area contributed by atoms with Crippen molar-refractivity contribution in [1.29, 1.82) is 0 Å². The molecule has 0 aliphatic carbocycles. The minimum atomic E-state index is -0.804. The summed E-state index contributed by atoms with van der Waals surface area (Å²) in [5.74, 6) is 0.271. The van der Waals surface area contributed by atoms with Gasteiger partial charge < -0.3 is 0 Å². The van der Waals surface area contributed by atoms with Crippen LogP contribution in [0.15, 0.2) is 42.5 Å². The summed E-state index contributed by atoms with van der Waals surface area (Å²) in [5.41, 5.74) is 0. The molecule has 0 bridgehead atoms.